The predicted octanol–water partition coefficient (Wildman–Crippen LogP) is 5.43. The fraction of sp³-hybridized carbons (Fsp3) is 0.269. The Labute approximate surface area is 180 Å². The molecule has 2 aliphatic heterocycles. The predicted molar refractivity (Wildman–Crippen MR) is 123 cm³/mol. The van der Waals surface area contributed by atoms with Gasteiger partial charge in [0.15, 0.2) is 0 Å². The number of aromatic nitrogens is 1. The van der Waals surface area contributed by atoms with Gasteiger partial charge in [-0.15, -0.1) is 0 Å². The van der Waals surface area contributed by atoms with Crippen LogP contribution >= 0.6 is 11.6 Å². The third kappa shape index (κ3) is 2.80. The number of hydrogen-bond acceptors (Lipinski definition) is 2. The summed E-state index contributed by atoms with van der Waals surface area (Å²) in [6.45, 7) is 3.76. The van der Waals surface area contributed by atoms with Gasteiger partial charge in [0, 0.05) is 54.6 Å². The molecule has 1 aromatic heterocycles. The van der Waals surface area contributed by atoms with Gasteiger partial charge < -0.3 is 4.57 Å². The highest BCUT2D eigenvalue weighted by Gasteiger charge is 2.34. The van der Waals surface area contributed by atoms with E-state index in [2.05, 4.69) is 59.5 Å². The van der Waals surface area contributed by atoms with Crippen molar-refractivity contribution < 1.29 is 0 Å². The number of likely N-dealkylation sites (tertiary alicyclic amines) is 1. The molecule has 4 aromatic rings. The van der Waals surface area contributed by atoms with E-state index in [1.807, 2.05) is 10.6 Å². The van der Waals surface area contributed by atoms with E-state index >= 15 is 0 Å². The standard InChI is InChI=1S/C26H23ClN2O/c27-26-21-8-3-1-6-19(21)23(20-7-2-4-9-22(20)26)16-28-13-17-12-18(15-28)24-10-5-11-25(30)29(24)14-17/h1-11,17-18H,12-16H2. The Morgan fingerprint density at radius 3 is 2.17 bits per heavy atom. The van der Waals surface area contributed by atoms with E-state index in [1.54, 1.807) is 6.07 Å². The lowest BCUT2D eigenvalue weighted by Gasteiger charge is -2.43. The van der Waals surface area contributed by atoms with Crippen LogP contribution in [0.3, 0.4) is 0 Å². The van der Waals surface area contributed by atoms with Crippen molar-refractivity contribution in [3.8, 4) is 0 Å². The van der Waals surface area contributed by atoms with E-state index < -0.39 is 0 Å². The van der Waals surface area contributed by atoms with Gasteiger partial charge in [0.25, 0.3) is 5.56 Å². The molecule has 1 fully saturated rings. The van der Waals surface area contributed by atoms with Crippen molar-refractivity contribution in [2.24, 2.45) is 5.92 Å². The first-order chi connectivity index (χ1) is 14.7. The van der Waals surface area contributed by atoms with Gasteiger partial charge >= 0.3 is 0 Å². The number of nitrogens with zero attached hydrogens (tertiary/aromatic N) is 2. The fourth-order valence-corrected chi connectivity index (χ4v) is 6.01. The molecular weight excluding hydrogens is 392 g/mol. The van der Waals surface area contributed by atoms with Crippen LogP contribution in [0.25, 0.3) is 21.5 Å². The first-order valence-electron chi connectivity index (χ1n) is 10.7. The SMILES string of the molecule is O=c1cccc2n1CC1CC2CN(Cc2c3ccccc3c(Cl)c3ccccc23)C1. The van der Waals surface area contributed by atoms with Crippen molar-refractivity contribution in [2.75, 3.05) is 13.1 Å². The number of pyridine rings is 1. The normalized spacial score (nSPS) is 21.1. The number of rotatable bonds is 2. The van der Waals surface area contributed by atoms with Crippen molar-refractivity contribution in [2.45, 2.75) is 25.4 Å². The van der Waals surface area contributed by atoms with Crippen LogP contribution in [0, 0.1) is 5.92 Å². The van der Waals surface area contributed by atoms with Gasteiger partial charge in [-0.25, -0.2) is 0 Å². The molecule has 1 saturated heterocycles. The molecular formula is C26H23ClN2O. The number of halogens is 1. The van der Waals surface area contributed by atoms with Crippen LogP contribution in [-0.4, -0.2) is 22.6 Å². The first kappa shape index (κ1) is 18.2. The molecule has 150 valence electrons. The summed E-state index contributed by atoms with van der Waals surface area (Å²) in [7, 11) is 0. The second-order valence-corrected chi connectivity index (χ2v) is 9.15. The lowest BCUT2D eigenvalue weighted by atomic mass is 9.82. The van der Waals surface area contributed by atoms with E-state index in [9.17, 15) is 4.79 Å². The van der Waals surface area contributed by atoms with Crippen molar-refractivity contribution >= 4 is 33.1 Å². The molecule has 6 rings (SSSR count). The van der Waals surface area contributed by atoms with Gasteiger partial charge in [-0.2, -0.15) is 0 Å². The second-order valence-electron chi connectivity index (χ2n) is 8.78. The quantitative estimate of drug-likeness (QED) is 0.409. The summed E-state index contributed by atoms with van der Waals surface area (Å²) < 4.78 is 2.00. The molecule has 0 spiro atoms. The van der Waals surface area contributed by atoms with E-state index in [-0.39, 0.29) is 5.56 Å². The third-order valence-electron chi connectivity index (χ3n) is 6.91. The molecule has 0 N–H and O–H groups in total. The lowest BCUT2D eigenvalue weighted by Crippen LogP contribution is -2.46. The molecule has 0 saturated carbocycles. The molecule has 4 heteroatoms. The molecule has 2 bridgehead atoms. The Kier molecular flexibility index (Phi) is 4.22. The highest BCUT2D eigenvalue weighted by Crippen LogP contribution is 2.39. The Morgan fingerprint density at radius 2 is 1.47 bits per heavy atom. The molecule has 0 aliphatic carbocycles. The van der Waals surface area contributed by atoms with Gasteiger partial charge in [-0.3, -0.25) is 9.69 Å². The minimum Gasteiger partial charge on any atom is -0.312 e. The van der Waals surface area contributed by atoms with Crippen LogP contribution in [0.2, 0.25) is 5.02 Å². The third-order valence-corrected chi connectivity index (χ3v) is 7.32. The van der Waals surface area contributed by atoms with Gasteiger partial charge in [0.2, 0.25) is 0 Å². The maximum atomic E-state index is 12.3. The number of hydrogen-bond donors (Lipinski definition) is 0. The Balaban J connectivity index is 1.43. The van der Waals surface area contributed by atoms with E-state index in [1.165, 1.54) is 28.5 Å². The summed E-state index contributed by atoms with van der Waals surface area (Å²) in [6, 6.07) is 22.7. The topological polar surface area (TPSA) is 25.2 Å². The molecule has 30 heavy (non-hydrogen) atoms. The maximum Gasteiger partial charge on any atom is 0.250 e. The Hall–Kier alpha value is -2.62. The number of piperidine rings is 1. The van der Waals surface area contributed by atoms with E-state index in [0.29, 0.717) is 11.8 Å². The second kappa shape index (κ2) is 6.97. The van der Waals surface area contributed by atoms with Crippen LogP contribution < -0.4 is 5.56 Å². The highest BCUT2D eigenvalue weighted by molar-refractivity contribution is 6.41. The zero-order chi connectivity index (χ0) is 20.2. The molecule has 3 aromatic carbocycles. The van der Waals surface area contributed by atoms with Gasteiger partial charge in [0.05, 0.1) is 5.02 Å². The summed E-state index contributed by atoms with van der Waals surface area (Å²) in [5, 5.41) is 5.58. The average Bonchev–Trinajstić information content (AvgIpc) is 2.77. The van der Waals surface area contributed by atoms with Gasteiger partial charge in [-0.05, 0) is 34.7 Å². The summed E-state index contributed by atoms with van der Waals surface area (Å²) >= 11 is 6.79. The Bertz CT molecular complexity index is 1290. The monoisotopic (exact) mass is 414 g/mol. The van der Waals surface area contributed by atoms with Gasteiger partial charge in [0.1, 0.15) is 0 Å². The highest BCUT2D eigenvalue weighted by atomic mass is 35.5. The summed E-state index contributed by atoms with van der Waals surface area (Å²) in [5.41, 5.74) is 2.70. The minimum atomic E-state index is 0.144. The molecule has 3 nitrogen and oxygen atoms in total. The first-order valence-corrected chi connectivity index (χ1v) is 11.1. The van der Waals surface area contributed by atoms with E-state index in [4.69, 9.17) is 11.6 Å². The van der Waals surface area contributed by atoms with Crippen molar-refractivity contribution in [1.82, 2.24) is 9.47 Å². The van der Waals surface area contributed by atoms with Crippen LogP contribution in [-0.2, 0) is 13.1 Å². The summed E-state index contributed by atoms with van der Waals surface area (Å²) in [6.07, 6.45) is 1.18. The Morgan fingerprint density at radius 1 is 0.800 bits per heavy atom. The average molecular weight is 415 g/mol. The largest absolute Gasteiger partial charge is 0.312 e. The van der Waals surface area contributed by atoms with Crippen LogP contribution in [0.1, 0.15) is 23.6 Å². The molecule has 2 unspecified atom stereocenters. The summed E-state index contributed by atoms with van der Waals surface area (Å²) in [5.74, 6) is 0.956. The number of fused-ring (bicyclic) bond motifs is 6. The fourth-order valence-electron chi connectivity index (χ4n) is 5.68. The van der Waals surface area contributed by atoms with Crippen molar-refractivity contribution in [3.05, 3.63) is 93.4 Å². The molecule has 2 atom stereocenters. The van der Waals surface area contributed by atoms with E-state index in [0.717, 1.165) is 42.0 Å². The number of benzene rings is 3. The zero-order valence-electron chi connectivity index (χ0n) is 16.7. The molecule has 3 heterocycles. The molecule has 2 aliphatic rings. The molecule has 0 amide bonds. The maximum absolute atomic E-state index is 12.3. The smallest absolute Gasteiger partial charge is 0.250 e. The zero-order valence-corrected chi connectivity index (χ0v) is 17.5. The van der Waals surface area contributed by atoms with Crippen LogP contribution in [0.15, 0.2) is 71.5 Å². The van der Waals surface area contributed by atoms with Crippen molar-refractivity contribution in [3.63, 3.8) is 0 Å². The summed E-state index contributed by atoms with van der Waals surface area (Å²) in [4.78, 5) is 14.9. The van der Waals surface area contributed by atoms with Crippen LogP contribution in [0.5, 0.6) is 0 Å². The van der Waals surface area contributed by atoms with Crippen molar-refractivity contribution in [1.29, 1.82) is 0 Å². The van der Waals surface area contributed by atoms with Crippen LogP contribution in [0.4, 0.5) is 0 Å². The minimum absolute atomic E-state index is 0.144. The van der Waals surface area contributed by atoms with Gasteiger partial charge in [-0.1, -0.05) is 66.2 Å². The molecule has 0 radical (unpaired) electrons. The lowest BCUT2D eigenvalue weighted by molar-refractivity contribution is 0.115.